The highest BCUT2D eigenvalue weighted by atomic mass is 35.5. The second-order valence-electron chi connectivity index (χ2n) is 5.39. The molecule has 1 aliphatic heterocycles. The topological polar surface area (TPSA) is 3.24 Å². The molecular weight excluding hydrogens is 206 g/mol. The first-order valence-corrected chi connectivity index (χ1v) is 6.29. The van der Waals surface area contributed by atoms with Crippen molar-refractivity contribution in [1.82, 2.24) is 4.90 Å². The minimum Gasteiger partial charge on any atom is -0.303 e. The van der Waals surface area contributed by atoms with Crippen LogP contribution in [-0.4, -0.2) is 24.5 Å². The maximum Gasteiger partial charge on any atom is 0.00188 e. The summed E-state index contributed by atoms with van der Waals surface area (Å²) >= 11 is 0. The van der Waals surface area contributed by atoms with Crippen LogP contribution in [0.4, 0.5) is 0 Å². The number of likely N-dealkylation sites (tertiary alicyclic amines) is 1. The maximum atomic E-state index is 2.71. The first kappa shape index (κ1) is 11.5. The molecule has 4 atom stereocenters. The summed E-state index contributed by atoms with van der Waals surface area (Å²) < 4.78 is 0. The molecule has 86 valence electrons. The lowest BCUT2D eigenvalue weighted by atomic mass is 9.86. The molecule has 0 amide bonds. The fourth-order valence-corrected chi connectivity index (χ4v) is 3.80. The van der Waals surface area contributed by atoms with Gasteiger partial charge in [-0.05, 0) is 43.1 Å². The summed E-state index contributed by atoms with van der Waals surface area (Å²) in [6.07, 6.45) is 9.21. The van der Waals surface area contributed by atoms with E-state index in [2.05, 4.69) is 24.0 Å². The van der Waals surface area contributed by atoms with Gasteiger partial charge in [0.05, 0.1) is 0 Å². The van der Waals surface area contributed by atoms with E-state index in [4.69, 9.17) is 0 Å². The van der Waals surface area contributed by atoms with E-state index < -0.39 is 0 Å². The summed E-state index contributed by atoms with van der Waals surface area (Å²) in [7, 11) is 0. The van der Waals surface area contributed by atoms with Crippen molar-refractivity contribution < 1.29 is 0 Å². The Morgan fingerprint density at radius 3 is 2.27 bits per heavy atom. The van der Waals surface area contributed by atoms with Gasteiger partial charge in [0.25, 0.3) is 0 Å². The minimum absolute atomic E-state index is 0. The molecular formula is C13H22ClN. The summed E-state index contributed by atoms with van der Waals surface area (Å²) in [5.41, 5.74) is 0. The molecule has 2 heteroatoms. The molecule has 0 aromatic heterocycles. The quantitative estimate of drug-likeness (QED) is 0.671. The van der Waals surface area contributed by atoms with Crippen molar-refractivity contribution >= 4 is 12.4 Å². The van der Waals surface area contributed by atoms with Crippen LogP contribution in [0.1, 0.15) is 26.2 Å². The average molecular weight is 228 g/mol. The Morgan fingerprint density at radius 1 is 1.13 bits per heavy atom. The smallest absolute Gasteiger partial charge is 0.00188 e. The van der Waals surface area contributed by atoms with E-state index in [9.17, 15) is 0 Å². The number of allylic oxidation sites excluding steroid dienone is 2. The second-order valence-corrected chi connectivity index (χ2v) is 5.39. The zero-order valence-electron chi connectivity index (χ0n) is 9.56. The van der Waals surface area contributed by atoms with Crippen molar-refractivity contribution in [2.24, 2.45) is 23.7 Å². The van der Waals surface area contributed by atoms with Gasteiger partial charge in [0.1, 0.15) is 0 Å². The fraction of sp³-hybridized carbons (Fsp3) is 0.846. The second kappa shape index (κ2) is 4.47. The van der Waals surface area contributed by atoms with E-state index in [1.807, 2.05) is 0 Å². The number of nitrogens with zero attached hydrogens (tertiary/aromatic N) is 1. The lowest BCUT2D eigenvalue weighted by molar-refractivity contribution is 0.294. The molecule has 0 spiro atoms. The lowest BCUT2D eigenvalue weighted by Crippen LogP contribution is -2.24. The minimum atomic E-state index is 0. The average Bonchev–Trinajstić information content (AvgIpc) is 2.85. The van der Waals surface area contributed by atoms with Gasteiger partial charge in [-0.25, -0.2) is 0 Å². The zero-order valence-corrected chi connectivity index (χ0v) is 10.4. The number of fused-ring (bicyclic) bond motifs is 5. The van der Waals surface area contributed by atoms with Gasteiger partial charge < -0.3 is 4.90 Å². The number of unbranched alkanes of at least 4 members (excludes halogenated alkanes) is 1. The van der Waals surface area contributed by atoms with Gasteiger partial charge in [0.2, 0.25) is 0 Å². The Kier molecular flexibility index (Phi) is 3.42. The fourth-order valence-electron chi connectivity index (χ4n) is 3.80. The first-order chi connectivity index (χ1) is 6.88. The van der Waals surface area contributed by atoms with Crippen molar-refractivity contribution in [3.63, 3.8) is 0 Å². The normalized spacial score (nSPS) is 41.9. The van der Waals surface area contributed by atoms with Gasteiger partial charge in [0.15, 0.2) is 0 Å². The molecule has 0 aromatic rings. The van der Waals surface area contributed by atoms with Crippen LogP contribution in [0.25, 0.3) is 0 Å². The number of hydrogen-bond donors (Lipinski definition) is 0. The molecule has 2 aliphatic carbocycles. The van der Waals surface area contributed by atoms with Crippen molar-refractivity contribution in [2.45, 2.75) is 26.2 Å². The molecule has 0 radical (unpaired) electrons. The third kappa shape index (κ3) is 1.85. The van der Waals surface area contributed by atoms with Gasteiger partial charge in [0, 0.05) is 13.1 Å². The molecule has 0 unspecified atom stereocenters. The maximum absolute atomic E-state index is 2.71. The molecule has 15 heavy (non-hydrogen) atoms. The Bertz CT molecular complexity index is 231. The van der Waals surface area contributed by atoms with Crippen LogP contribution in [0, 0.1) is 23.7 Å². The van der Waals surface area contributed by atoms with Gasteiger partial charge in [-0.15, -0.1) is 12.4 Å². The van der Waals surface area contributed by atoms with Crippen molar-refractivity contribution in [2.75, 3.05) is 19.6 Å². The van der Waals surface area contributed by atoms with E-state index in [1.165, 1.54) is 38.9 Å². The summed E-state index contributed by atoms with van der Waals surface area (Å²) in [4.78, 5) is 2.71. The number of halogens is 1. The molecule has 1 saturated carbocycles. The SMILES string of the molecule is CCCCN1C[C@@H]2[C@H](C1)[C@@H]1C=C[C@H]2C1.Cl. The monoisotopic (exact) mass is 227 g/mol. The summed E-state index contributed by atoms with van der Waals surface area (Å²) in [5, 5.41) is 0. The predicted octanol–water partition coefficient (Wildman–Crippen LogP) is 2.96. The van der Waals surface area contributed by atoms with E-state index in [-0.39, 0.29) is 12.4 Å². The van der Waals surface area contributed by atoms with Gasteiger partial charge in [-0.1, -0.05) is 25.5 Å². The van der Waals surface area contributed by atoms with Gasteiger partial charge in [-0.2, -0.15) is 0 Å². The summed E-state index contributed by atoms with van der Waals surface area (Å²) in [5.74, 6) is 3.97. The number of rotatable bonds is 3. The zero-order chi connectivity index (χ0) is 9.54. The number of hydrogen-bond acceptors (Lipinski definition) is 1. The van der Waals surface area contributed by atoms with E-state index >= 15 is 0 Å². The highest BCUT2D eigenvalue weighted by Gasteiger charge is 2.48. The highest BCUT2D eigenvalue weighted by Crippen LogP contribution is 2.51. The van der Waals surface area contributed by atoms with Gasteiger partial charge in [-0.3, -0.25) is 0 Å². The predicted molar refractivity (Wildman–Crippen MR) is 66.3 cm³/mol. The molecule has 0 N–H and O–H groups in total. The van der Waals surface area contributed by atoms with E-state index in [0.29, 0.717) is 0 Å². The standard InChI is InChI=1S/C13H21N.ClH/c1-2-3-6-14-8-12-10-4-5-11(7-10)13(12)9-14;/h4-5,10-13H,2-3,6-9H2,1H3;1H/t10-,11+,12-,13+;. The lowest BCUT2D eigenvalue weighted by Gasteiger charge is -2.17. The van der Waals surface area contributed by atoms with Crippen LogP contribution in [0.3, 0.4) is 0 Å². The first-order valence-electron chi connectivity index (χ1n) is 6.29. The Labute approximate surface area is 99.3 Å². The van der Waals surface area contributed by atoms with Crippen LogP contribution in [0.5, 0.6) is 0 Å². The molecule has 1 heterocycles. The highest BCUT2D eigenvalue weighted by molar-refractivity contribution is 5.85. The van der Waals surface area contributed by atoms with Crippen LogP contribution < -0.4 is 0 Å². The molecule has 2 fully saturated rings. The summed E-state index contributed by atoms with van der Waals surface area (Å²) in [6.45, 7) is 6.44. The Morgan fingerprint density at radius 2 is 1.73 bits per heavy atom. The molecule has 2 bridgehead atoms. The summed E-state index contributed by atoms with van der Waals surface area (Å²) in [6, 6.07) is 0. The van der Waals surface area contributed by atoms with Crippen LogP contribution in [0.2, 0.25) is 0 Å². The van der Waals surface area contributed by atoms with E-state index in [0.717, 1.165) is 23.7 Å². The largest absolute Gasteiger partial charge is 0.303 e. The molecule has 3 aliphatic rings. The Hall–Kier alpha value is -0.0100. The third-order valence-electron chi connectivity index (χ3n) is 4.57. The third-order valence-corrected chi connectivity index (χ3v) is 4.57. The van der Waals surface area contributed by atoms with Crippen molar-refractivity contribution in [3.8, 4) is 0 Å². The van der Waals surface area contributed by atoms with Gasteiger partial charge >= 0.3 is 0 Å². The van der Waals surface area contributed by atoms with Crippen molar-refractivity contribution in [3.05, 3.63) is 12.2 Å². The Balaban J connectivity index is 0.000000853. The molecule has 0 aromatic carbocycles. The molecule has 3 rings (SSSR count). The van der Waals surface area contributed by atoms with Crippen molar-refractivity contribution in [1.29, 1.82) is 0 Å². The van der Waals surface area contributed by atoms with Crippen LogP contribution >= 0.6 is 12.4 Å². The molecule has 1 nitrogen and oxygen atoms in total. The molecule has 1 saturated heterocycles. The van der Waals surface area contributed by atoms with Crippen LogP contribution in [-0.2, 0) is 0 Å². The van der Waals surface area contributed by atoms with E-state index in [1.54, 1.807) is 0 Å². The van der Waals surface area contributed by atoms with Crippen LogP contribution in [0.15, 0.2) is 12.2 Å².